The number of nitro benzene ring substituents is 1. The molecule has 12 heteroatoms. The van der Waals surface area contributed by atoms with Gasteiger partial charge in [0.1, 0.15) is 34.6 Å². The Kier molecular flexibility index (Phi) is 14.5. The predicted molar refractivity (Wildman–Crippen MR) is 331 cm³/mol. The van der Waals surface area contributed by atoms with Gasteiger partial charge in [0.15, 0.2) is 5.75 Å². The van der Waals surface area contributed by atoms with Crippen LogP contribution >= 0.6 is 0 Å². The molecule has 85 heavy (non-hydrogen) atoms. The van der Waals surface area contributed by atoms with Gasteiger partial charge in [0, 0.05) is 41.6 Å². The monoisotopic (exact) mass is 1150 g/mol. The van der Waals surface area contributed by atoms with Gasteiger partial charge in [-0.1, -0.05) is 45.9 Å². The first kappa shape index (κ1) is 57.9. The second kappa shape index (κ2) is 21.3. The Morgan fingerprint density at radius 1 is 0.435 bits per heavy atom. The standard InChI is InChI=1S/C19H25NO.C18H21NO4.C18H23NO2.C18H22O2/c1-11-3-6-16-14-5-4-12-9-18(21)17(20)10-15(12)13(14)7-8-19(11,16)2;1-18-7-6-11-12(14(18)4-5-17(18)21)3-2-10-8-16(20)15(19(22)23)9-13(10)11;1-18-7-6-11-12(14(18)4-5-17(18)21)3-2-10-8-16(20)15(19)9-13(10)11;1-18-9-8-14-13-5-3-12(19)10-11(13)2-4-15(14)16(18)6-7-17(18)20/h9-10,13-14,16,21H,1,3-8,20H2,2H3;8-9,11-12,14,20H,2-7H2,1H3;8-9,11-12,14,20H,2-7,19H2,1H3;3,5,10,14-16,19H,2,4,6-9H2,1H3/t13?,14?,16?,19-;2*11?,12?,14?,18-;14?,15?,16?,18-/m1000/s1. The Morgan fingerprint density at radius 2 is 0.776 bits per heavy atom. The lowest BCUT2D eigenvalue weighted by atomic mass is 9.55. The molecular weight excluding hydrogens is 1060 g/mol. The fourth-order valence-corrected chi connectivity index (χ4v) is 21.8. The first-order valence-corrected chi connectivity index (χ1v) is 32.8. The van der Waals surface area contributed by atoms with Crippen LogP contribution < -0.4 is 11.5 Å². The van der Waals surface area contributed by atoms with Crippen LogP contribution in [0.2, 0.25) is 0 Å². The van der Waals surface area contributed by atoms with Crippen molar-refractivity contribution in [1.82, 2.24) is 0 Å². The van der Waals surface area contributed by atoms with E-state index in [1.807, 2.05) is 36.4 Å². The quantitative estimate of drug-likeness (QED) is 0.0345. The van der Waals surface area contributed by atoms with E-state index in [2.05, 4.69) is 40.3 Å². The van der Waals surface area contributed by atoms with Gasteiger partial charge in [0.2, 0.25) is 0 Å². The van der Waals surface area contributed by atoms with Crippen molar-refractivity contribution in [3.05, 3.63) is 121 Å². The molecule has 16 atom stereocenters. The number of hydrogen-bond donors (Lipinski definition) is 6. The minimum atomic E-state index is -0.509. The van der Waals surface area contributed by atoms with Crippen molar-refractivity contribution in [1.29, 1.82) is 0 Å². The molecule has 0 amide bonds. The van der Waals surface area contributed by atoms with Crippen molar-refractivity contribution in [2.45, 2.75) is 205 Å². The Bertz CT molecular complexity index is 3310. The number of rotatable bonds is 1. The van der Waals surface area contributed by atoms with E-state index < -0.39 is 4.92 Å². The van der Waals surface area contributed by atoms with Gasteiger partial charge in [-0.25, -0.2) is 0 Å². The predicted octanol–water partition coefficient (Wildman–Crippen LogP) is 15.3. The van der Waals surface area contributed by atoms with Crippen molar-refractivity contribution in [2.24, 2.45) is 69.0 Å². The summed E-state index contributed by atoms with van der Waals surface area (Å²) < 4.78 is 0. The first-order chi connectivity index (χ1) is 40.5. The highest BCUT2D eigenvalue weighted by atomic mass is 16.6. The third kappa shape index (κ3) is 9.35. The molecule has 12 unspecified atom stereocenters. The maximum atomic E-state index is 12.3. The second-order valence-corrected chi connectivity index (χ2v) is 29.9. The van der Waals surface area contributed by atoms with Crippen molar-refractivity contribution >= 4 is 34.4 Å². The maximum Gasteiger partial charge on any atom is 0.310 e. The number of benzene rings is 4. The Balaban J connectivity index is 0.000000106. The molecule has 0 aliphatic heterocycles. The van der Waals surface area contributed by atoms with Crippen LogP contribution in [0, 0.1) is 79.1 Å². The molecule has 0 heterocycles. The molecular formula is C73H91N3O9. The average molecular weight is 1150 g/mol. The summed E-state index contributed by atoms with van der Waals surface area (Å²) in [6, 6.07) is 16.9. The number of fused-ring (bicyclic) bond motifs is 20. The number of nitrogens with zero attached hydrogens (tertiary/aromatic N) is 1. The molecule has 4 aromatic rings. The van der Waals surface area contributed by atoms with E-state index in [1.165, 1.54) is 77.5 Å². The molecule has 0 radical (unpaired) electrons. The third-order valence-corrected chi connectivity index (χ3v) is 26.6. The Morgan fingerprint density at radius 3 is 1.19 bits per heavy atom. The zero-order chi connectivity index (χ0) is 59.8. The van der Waals surface area contributed by atoms with Crippen molar-refractivity contribution in [3.8, 4) is 23.0 Å². The van der Waals surface area contributed by atoms with Gasteiger partial charge in [0.25, 0.3) is 0 Å². The van der Waals surface area contributed by atoms with Gasteiger partial charge >= 0.3 is 5.69 Å². The summed E-state index contributed by atoms with van der Waals surface area (Å²) in [5.41, 5.74) is 24.5. The average Bonchev–Trinajstić information content (AvgIpc) is 1.96. The number of phenolic OH excluding ortho intramolecular Hbond substituents is 4. The van der Waals surface area contributed by atoms with Gasteiger partial charge in [-0.3, -0.25) is 24.5 Å². The van der Waals surface area contributed by atoms with E-state index in [4.69, 9.17) is 11.5 Å². The third-order valence-electron chi connectivity index (χ3n) is 26.6. The van der Waals surface area contributed by atoms with E-state index in [0.29, 0.717) is 105 Å². The molecule has 8 fully saturated rings. The second-order valence-electron chi connectivity index (χ2n) is 29.9. The lowest BCUT2D eigenvalue weighted by Crippen LogP contribution is -2.42. The first-order valence-electron chi connectivity index (χ1n) is 32.8. The van der Waals surface area contributed by atoms with E-state index >= 15 is 0 Å². The van der Waals surface area contributed by atoms with E-state index in [0.717, 1.165) is 132 Å². The van der Waals surface area contributed by atoms with Crippen LogP contribution in [-0.2, 0) is 40.1 Å². The lowest BCUT2D eigenvalue weighted by molar-refractivity contribution is -0.386. The number of carbonyl (C=O) groups is 3. The number of ketones is 3. The molecule has 12 nitrogen and oxygen atoms in total. The fraction of sp³-hybridized carbons (Fsp3) is 0.603. The number of hydrogen-bond acceptors (Lipinski definition) is 11. The number of carbonyl (C=O) groups excluding carboxylic acids is 3. The highest BCUT2D eigenvalue weighted by Crippen LogP contribution is 2.65. The topological polar surface area (TPSA) is 227 Å². The zero-order valence-corrected chi connectivity index (χ0v) is 50.7. The summed E-state index contributed by atoms with van der Waals surface area (Å²) in [7, 11) is 0. The van der Waals surface area contributed by atoms with Crippen LogP contribution in [0.4, 0.5) is 17.1 Å². The SMILES string of the molecule is C=C1CCC2C3CCc4cc(O)c(N)cc4C3CC[C@]12C.C[C@]12CCC3c4cc(N)c(O)cc4CCC3C1CCC2=O.C[C@]12CCC3c4cc([N+](=O)[O-])c(O)cc4CCC3C1CCC2=O.C[C@]12CCC3c4ccc(O)cc4CCC3C1CCC2=O. The van der Waals surface area contributed by atoms with Crippen molar-refractivity contribution < 1.29 is 39.7 Å². The van der Waals surface area contributed by atoms with Gasteiger partial charge in [-0.05, 0) is 298 Å². The maximum absolute atomic E-state index is 12.3. The Labute approximate surface area is 502 Å². The summed E-state index contributed by atoms with van der Waals surface area (Å²) in [5.74, 6) is 8.97. The number of aromatic hydroxyl groups is 4. The molecule has 4 aromatic carbocycles. The number of phenols is 4. The van der Waals surface area contributed by atoms with Crippen molar-refractivity contribution in [3.63, 3.8) is 0 Å². The van der Waals surface area contributed by atoms with Crippen LogP contribution in [0.25, 0.3) is 0 Å². The molecule has 0 spiro atoms. The number of nitrogens with two attached hydrogens (primary N) is 2. The number of Topliss-reactive ketones (excluding diaryl/α,β-unsaturated/α-hetero) is 3. The molecule has 8 saturated carbocycles. The zero-order valence-electron chi connectivity index (χ0n) is 50.7. The fourth-order valence-electron chi connectivity index (χ4n) is 21.8. The van der Waals surface area contributed by atoms with E-state index in [1.54, 1.807) is 12.1 Å². The highest BCUT2D eigenvalue weighted by Gasteiger charge is 2.58. The number of nitrogen functional groups attached to an aromatic ring is 2. The normalized spacial score (nSPS) is 37.4. The largest absolute Gasteiger partial charge is 0.508 e. The van der Waals surface area contributed by atoms with Gasteiger partial charge in [0.05, 0.1) is 16.3 Å². The van der Waals surface area contributed by atoms with Crippen LogP contribution in [0.15, 0.2) is 66.7 Å². The number of allylic oxidation sites excluding steroid dienone is 1. The lowest BCUT2D eigenvalue weighted by Gasteiger charge is -2.49. The van der Waals surface area contributed by atoms with Gasteiger partial charge in [-0.15, -0.1) is 0 Å². The smallest absolute Gasteiger partial charge is 0.310 e. The van der Waals surface area contributed by atoms with Crippen LogP contribution in [0.1, 0.15) is 224 Å². The van der Waals surface area contributed by atoms with Crippen LogP contribution in [0.5, 0.6) is 23.0 Å². The number of aryl methyl sites for hydroxylation is 4. The Hall–Kier alpha value is -6.17. The summed E-state index contributed by atoms with van der Waals surface area (Å²) in [6.07, 6.45) is 25.1. The van der Waals surface area contributed by atoms with Crippen molar-refractivity contribution in [2.75, 3.05) is 11.5 Å². The minimum absolute atomic E-state index is 0.0322. The van der Waals surface area contributed by atoms with Gasteiger partial charge < -0.3 is 31.9 Å². The molecule has 12 aliphatic carbocycles. The van der Waals surface area contributed by atoms with Crippen LogP contribution in [0.3, 0.4) is 0 Å². The van der Waals surface area contributed by atoms with Gasteiger partial charge in [-0.2, -0.15) is 0 Å². The molecule has 12 aliphatic rings. The summed E-state index contributed by atoms with van der Waals surface area (Å²) >= 11 is 0. The molecule has 452 valence electrons. The highest BCUT2D eigenvalue weighted by molar-refractivity contribution is 5.88. The molecule has 8 N–H and O–H groups in total. The van der Waals surface area contributed by atoms with E-state index in [9.17, 15) is 44.9 Å². The summed E-state index contributed by atoms with van der Waals surface area (Å²) in [4.78, 5) is 47.5. The van der Waals surface area contributed by atoms with Crippen LogP contribution in [-0.4, -0.2) is 42.7 Å². The summed E-state index contributed by atoms with van der Waals surface area (Å²) in [6.45, 7) is 13.4. The molecule has 0 bridgehead atoms. The molecule has 0 saturated heterocycles. The molecule has 0 aromatic heterocycles. The number of anilines is 2. The summed E-state index contributed by atoms with van der Waals surface area (Å²) in [5, 5.41) is 50.4. The molecule has 16 rings (SSSR count). The minimum Gasteiger partial charge on any atom is -0.508 e. The number of nitro groups is 1. The van der Waals surface area contributed by atoms with E-state index in [-0.39, 0.29) is 39.2 Å².